The van der Waals surface area contributed by atoms with Crippen molar-refractivity contribution in [3.05, 3.63) is 81.9 Å². The Morgan fingerprint density at radius 2 is 1.71 bits per heavy atom. The molecule has 0 aliphatic carbocycles. The lowest BCUT2D eigenvalue weighted by atomic mass is 9.92. The molecule has 0 N–H and O–H groups in total. The first-order valence-corrected chi connectivity index (χ1v) is 12.0. The van der Waals surface area contributed by atoms with E-state index < -0.39 is 11.6 Å². The minimum absolute atomic E-state index is 0.0292. The molecule has 1 saturated heterocycles. The average molecular weight is 501 g/mol. The average Bonchev–Trinajstić information content (AvgIpc) is 2.82. The molecule has 0 bridgehead atoms. The Kier molecular flexibility index (Phi) is 8.78. The number of carbonyl (C=O) groups excluding carboxylic acids is 1. The highest BCUT2D eigenvalue weighted by Gasteiger charge is 2.23. The molecule has 3 rings (SSSR count). The fourth-order valence-corrected chi connectivity index (χ4v) is 4.26. The summed E-state index contributed by atoms with van der Waals surface area (Å²) >= 11 is 6.44. The van der Waals surface area contributed by atoms with Crippen molar-refractivity contribution in [3.63, 3.8) is 0 Å². The van der Waals surface area contributed by atoms with E-state index in [2.05, 4.69) is 9.88 Å². The molecular weight excluding hydrogens is 470 g/mol. The predicted molar refractivity (Wildman–Crippen MR) is 137 cm³/mol. The van der Waals surface area contributed by atoms with E-state index in [4.69, 9.17) is 16.6 Å². The zero-order valence-corrected chi connectivity index (χ0v) is 21.5. The standard InChI is InChI=1S/C27H31ClF2N4O/c1-17(2)25(21-8-9-31-16-23(21)28)26(22-7-6-20(29)14-24(22)30)32-15-19(5)33-10-12-34(13-11-33)27(35)18(3)4/h6-9,14-16,18H,10-13H2,1-5H3/b19-15+,32-26?. The molecule has 0 radical (unpaired) electrons. The quantitative estimate of drug-likeness (QED) is 0.460. The van der Waals surface area contributed by atoms with Gasteiger partial charge in [-0.05, 0) is 39.0 Å². The first kappa shape index (κ1) is 26.5. The van der Waals surface area contributed by atoms with Gasteiger partial charge in [-0.1, -0.05) is 31.0 Å². The number of aromatic nitrogens is 1. The second-order valence-electron chi connectivity index (χ2n) is 9.07. The van der Waals surface area contributed by atoms with E-state index in [0.29, 0.717) is 48.0 Å². The van der Waals surface area contributed by atoms with Gasteiger partial charge in [0.25, 0.3) is 0 Å². The van der Waals surface area contributed by atoms with Crippen LogP contribution in [0.15, 0.2) is 59.1 Å². The van der Waals surface area contributed by atoms with E-state index >= 15 is 0 Å². The largest absolute Gasteiger partial charge is 0.370 e. The minimum Gasteiger partial charge on any atom is -0.370 e. The van der Waals surface area contributed by atoms with E-state index in [1.54, 1.807) is 18.5 Å². The van der Waals surface area contributed by atoms with E-state index in [1.165, 1.54) is 18.3 Å². The van der Waals surface area contributed by atoms with E-state index in [1.807, 2.05) is 39.5 Å². The van der Waals surface area contributed by atoms with E-state index in [-0.39, 0.29) is 17.4 Å². The lowest BCUT2D eigenvalue weighted by molar-refractivity contribution is -0.135. The fraction of sp³-hybridized carbons (Fsp3) is 0.370. The first-order chi connectivity index (χ1) is 16.6. The van der Waals surface area contributed by atoms with Gasteiger partial charge in [0.1, 0.15) is 11.6 Å². The summed E-state index contributed by atoms with van der Waals surface area (Å²) in [5, 5.41) is 0.408. The molecule has 2 heterocycles. The zero-order chi connectivity index (χ0) is 25.7. The Balaban J connectivity index is 2.01. The van der Waals surface area contributed by atoms with Crippen LogP contribution in [0.4, 0.5) is 8.78 Å². The van der Waals surface area contributed by atoms with Gasteiger partial charge in [0.05, 0.1) is 10.7 Å². The predicted octanol–water partition coefficient (Wildman–Crippen LogP) is 5.96. The van der Waals surface area contributed by atoms with Crippen molar-refractivity contribution in [2.45, 2.75) is 34.6 Å². The molecule has 8 heteroatoms. The van der Waals surface area contributed by atoms with Crippen LogP contribution in [0.1, 0.15) is 45.7 Å². The number of piperazine rings is 1. The lowest BCUT2D eigenvalue weighted by Gasteiger charge is -2.37. The molecule has 1 aromatic carbocycles. The third-order valence-corrected chi connectivity index (χ3v) is 6.23. The molecule has 1 aliphatic rings. The van der Waals surface area contributed by atoms with Crippen LogP contribution in [-0.4, -0.2) is 52.6 Å². The van der Waals surface area contributed by atoms with Gasteiger partial charge in [0.2, 0.25) is 5.91 Å². The van der Waals surface area contributed by atoms with Crippen molar-refractivity contribution in [1.29, 1.82) is 0 Å². The second-order valence-corrected chi connectivity index (χ2v) is 9.48. The van der Waals surface area contributed by atoms with Gasteiger partial charge in [-0.15, -0.1) is 0 Å². The number of halogens is 3. The SMILES string of the molecule is CC(C)=C(C(=N/C=C(\C)N1CCN(C(=O)C(C)C)CC1)c1ccc(F)cc1F)c1ccncc1Cl. The van der Waals surface area contributed by atoms with Crippen LogP contribution >= 0.6 is 11.6 Å². The highest BCUT2D eigenvalue weighted by atomic mass is 35.5. The van der Waals surface area contributed by atoms with Crippen LogP contribution in [-0.2, 0) is 4.79 Å². The van der Waals surface area contributed by atoms with Crippen LogP contribution in [0.25, 0.3) is 5.57 Å². The summed E-state index contributed by atoms with van der Waals surface area (Å²) < 4.78 is 28.6. The molecule has 1 fully saturated rings. The van der Waals surface area contributed by atoms with Gasteiger partial charge in [0, 0.05) is 79.2 Å². The van der Waals surface area contributed by atoms with Crippen molar-refractivity contribution >= 4 is 28.8 Å². The van der Waals surface area contributed by atoms with Crippen LogP contribution in [0, 0.1) is 17.6 Å². The smallest absolute Gasteiger partial charge is 0.225 e. The number of hydrogen-bond donors (Lipinski definition) is 0. The molecule has 0 atom stereocenters. The lowest BCUT2D eigenvalue weighted by Crippen LogP contribution is -2.49. The fourth-order valence-electron chi connectivity index (χ4n) is 4.05. The van der Waals surface area contributed by atoms with Crippen molar-refractivity contribution in [3.8, 4) is 0 Å². The maximum atomic E-state index is 14.9. The van der Waals surface area contributed by atoms with Crippen LogP contribution < -0.4 is 0 Å². The number of amides is 1. The third kappa shape index (κ3) is 6.34. The van der Waals surface area contributed by atoms with Crippen molar-refractivity contribution < 1.29 is 13.6 Å². The minimum atomic E-state index is -0.709. The Labute approximate surface area is 210 Å². The zero-order valence-electron chi connectivity index (χ0n) is 20.8. The Morgan fingerprint density at radius 1 is 1.06 bits per heavy atom. The Bertz CT molecular complexity index is 1180. The van der Waals surface area contributed by atoms with Gasteiger partial charge in [0.15, 0.2) is 0 Å². The molecule has 35 heavy (non-hydrogen) atoms. The van der Waals surface area contributed by atoms with Gasteiger partial charge in [-0.3, -0.25) is 14.8 Å². The highest BCUT2D eigenvalue weighted by Crippen LogP contribution is 2.30. The first-order valence-electron chi connectivity index (χ1n) is 11.6. The summed E-state index contributed by atoms with van der Waals surface area (Å²) in [4.78, 5) is 25.1. The number of benzene rings is 1. The number of carbonyl (C=O) groups is 1. The maximum Gasteiger partial charge on any atom is 0.225 e. The topological polar surface area (TPSA) is 48.8 Å². The number of rotatable bonds is 6. The second kappa shape index (κ2) is 11.6. The van der Waals surface area contributed by atoms with Crippen molar-refractivity contribution in [1.82, 2.24) is 14.8 Å². The van der Waals surface area contributed by atoms with Gasteiger partial charge in [-0.25, -0.2) is 8.78 Å². The molecule has 1 aromatic heterocycles. The molecule has 186 valence electrons. The maximum absolute atomic E-state index is 14.9. The molecule has 2 aromatic rings. The number of aliphatic imine (C=N–C) groups is 1. The van der Waals surface area contributed by atoms with Crippen LogP contribution in [0.3, 0.4) is 0 Å². The van der Waals surface area contributed by atoms with Gasteiger partial charge < -0.3 is 9.80 Å². The molecular formula is C27H31ClF2N4O. The molecule has 0 unspecified atom stereocenters. The van der Waals surface area contributed by atoms with E-state index in [9.17, 15) is 13.6 Å². The Hall–Kier alpha value is -3.06. The summed E-state index contributed by atoms with van der Waals surface area (Å²) in [5.41, 5.74) is 3.59. The van der Waals surface area contributed by atoms with Crippen LogP contribution in [0.5, 0.6) is 0 Å². The monoisotopic (exact) mass is 500 g/mol. The number of nitrogens with zero attached hydrogens (tertiary/aromatic N) is 4. The number of allylic oxidation sites excluding steroid dienone is 3. The summed E-state index contributed by atoms with van der Waals surface area (Å²) in [6, 6.07) is 5.21. The van der Waals surface area contributed by atoms with Gasteiger partial charge >= 0.3 is 0 Å². The Morgan fingerprint density at radius 3 is 2.29 bits per heavy atom. The van der Waals surface area contributed by atoms with Crippen molar-refractivity contribution in [2.75, 3.05) is 26.2 Å². The summed E-state index contributed by atoms with van der Waals surface area (Å²) in [7, 11) is 0. The number of hydrogen-bond acceptors (Lipinski definition) is 4. The normalized spacial score (nSPS) is 15.0. The molecule has 5 nitrogen and oxygen atoms in total. The molecule has 0 saturated carbocycles. The summed E-state index contributed by atoms with van der Waals surface area (Å²) in [6.45, 7) is 12.2. The molecule has 1 aliphatic heterocycles. The summed E-state index contributed by atoms with van der Waals surface area (Å²) in [5.74, 6) is -1.24. The molecule has 0 spiro atoms. The van der Waals surface area contributed by atoms with Gasteiger partial charge in [-0.2, -0.15) is 0 Å². The highest BCUT2D eigenvalue weighted by molar-refractivity contribution is 6.38. The van der Waals surface area contributed by atoms with E-state index in [0.717, 1.165) is 17.3 Å². The molecule has 1 amide bonds. The van der Waals surface area contributed by atoms with Crippen LogP contribution in [0.2, 0.25) is 5.02 Å². The third-order valence-electron chi connectivity index (χ3n) is 5.93. The number of pyridine rings is 1. The summed E-state index contributed by atoms with van der Waals surface area (Å²) in [6.07, 6.45) is 4.83. The van der Waals surface area contributed by atoms with Crippen molar-refractivity contribution in [2.24, 2.45) is 10.9 Å².